The summed E-state index contributed by atoms with van der Waals surface area (Å²) >= 11 is 0. The number of amides is 2. The Kier molecular flexibility index (Phi) is 6.36. The van der Waals surface area contributed by atoms with E-state index >= 15 is 0 Å². The molecule has 0 saturated carbocycles. The van der Waals surface area contributed by atoms with Gasteiger partial charge in [0.25, 0.3) is 0 Å². The van der Waals surface area contributed by atoms with Gasteiger partial charge in [0.2, 0.25) is 0 Å². The number of carbonyl (C=O) groups excluding carboxylic acids is 2. The van der Waals surface area contributed by atoms with Crippen LogP contribution in [-0.2, 0) is 9.53 Å². The lowest BCUT2D eigenvalue weighted by Gasteiger charge is -2.39. The van der Waals surface area contributed by atoms with Gasteiger partial charge in [-0.05, 0) is 32.0 Å². The van der Waals surface area contributed by atoms with E-state index in [-0.39, 0.29) is 12.0 Å². The standard InChI is InChI=1S/C21H30N4O3/c1-5-28-20(26)18-17(14-25-12-10-23(3)11-13-25)24(4)21(27)22-19(18)16-9-7-6-8-15(16)2/h6-9,19H,5,10-14H2,1-4H3,(H,22,27)/t19-/m0/s1. The number of hydrogen-bond donors (Lipinski definition) is 1. The van der Waals surface area contributed by atoms with Gasteiger partial charge in [-0.25, -0.2) is 9.59 Å². The first kappa shape index (κ1) is 20.4. The lowest BCUT2D eigenvalue weighted by atomic mass is 9.91. The normalized spacial score (nSPS) is 21.6. The fourth-order valence-corrected chi connectivity index (χ4v) is 3.76. The number of likely N-dealkylation sites (N-methyl/N-ethyl adjacent to an activating group) is 2. The summed E-state index contributed by atoms with van der Waals surface area (Å²) in [6, 6.07) is 7.11. The van der Waals surface area contributed by atoms with E-state index in [9.17, 15) is 9.59 Å². The third-order valence-electron chi connectivity index (χ3n) is 5.54. The first-order valence-electron chi connectivity index (χ1n) is 9.83. The molecule has 2 aliphatic rings. The van der Waals surface area contributed by atoms with Crippen LogP contribution in [0.25, 0.3) is 0 Å². The molecule has 1 aromatic rings. The molecule has 0 bridgehead atoms. The van der Waals surface area contributed by atoms with Gasteiger partial charge < -0.3 is 15.0 Å². The maximum Gasteiger partial charge on any atom is 0.338 e. The van der Waals surface area contributed by atoms with E-state index in [1.807, 2.05) is 31.2 Å². The lowest BCUT2D eigenvalue weighted by molar-refractivity contribution is -0.139. The zero-order chi connectivity index (χ0) is 20.3. The molecule has 0 radical (unpaired) electrons. The van der Waals surface area contributed by atoms with Crippen LogP contribution in [0.4, 0.5) is 4.79 Å². The van der Waals surface area contributed by atoms with Gasteiger partial charge in [0.1, 0.15) is 0 Å². The second-order valence-corrected chi connectivity index (χ2v) is 7.46. The zero-order valence-corrected chi connectivity index (χ0v) is 17.2. The van der Waals surface area contributed by atoms with E-state index in [1.54, 1.807) is 18.9 Å². The molecule has 7 nitrogen and oxygen atoms in total. The fourth-order valence-electron chi connectivity index (χ4n) is 3.76. The molecule has 0 unspecified atom stereocenters. The van der Waals surface area contributed by atoms with Crippen molar-refractivity contribution in [1.29, 1.82) is 0 Å². The van der Waals surface area contributed by atoms with Crippen LogP contribution in [0.2, 0.25) is 0 Å². The van der Waals surface area contributed by atoms with Crippen molar-refractivity contribution in [1.82, 2.24) is 20.0 Å². The number of nitrogens with one attached hydrogen (secondary N) is 1. The molecule has 2 heterocycles. The second-order valence-electron chi connectivity index (χ2n) is 7.46. The third kappa shape index (κ3) is 4.20. The van der Waals surface area contributed by atoms with Gasteiger partial charge in [0.05, 0.1) is 18.2 Å². The third-order valence-corrected chi connectivity index (χ3v) is 5.54. The highest BCUT2D eigenvalue weighted by molar-refractivity contribution is 5.95. The van der Waals surface area contributed by atoms with Crippen LogP contribution in [0, 0.1) is 6.92 Å². The Bertz CT molecular complexity index is 769. The molecule has 0 aliphatic carbocycles. The maximum atomic E-state index is 13.0. The molecule has 0 aromatic heterocycles. The number of rotatable bonds is 5. The number of esters is 1. The number of urea groups is 1. The van der Waals surface area contributed by atoms with Crippen LogP contribution in [0.3, 0.4) is 0 Å². The van der Waals surface area contributed by atoms with E-state index in [0.717, 1.165) is 43.0 Å². The Morgan fingerprint density at radius 3 is 2.50 bits per heavy atom. The maximum absolute atomic E-state index is 13.0. The fraction of sp³-hybridized carbons (Fsp3) is 0.524. The van der Waals surface area contributed by atoms with E-state index < -0.39 is 6.04 Å². The minimum Gasteiger partial charge on any atom is -0.463 e. The van der Waals surface area contributed by atoms with E-state index in [4.69, 9.17) is 4.74 Å². The Hall–Kier alpha value is -2.38. The summed E-state index contributed by atoms with van der Waals surface area (Å²) in [7, 11) is 3.82. The van der Waals surface area contributed by atoms with Gasteiger partial charge in [-0.3, -0.25) is 9.80 Å². The molecular formula is C21H30N4O3. The van der Waals surface area contributed by atoms with Gasteiger partial charge >= 0.3 is 12.0 Å². The van der Waals surface area contributed by atoms with Crippen molar-refractivity contribution in [2.24, 2.45) is 0 Å². The summed E-state index contributed by atoms with van der Waals surface area (Å²) in [5.74, 6) is -0.369. The minimum atomic E-state index is -0.508. The van der Waals surface area contributed by atoms with Crippen LogP contribution in [0.1, 0.15) is 24.1 Å². The smallest absolute Gasteiger partial charge is 0.338 e. The SMILES string of the molecule is CCOC(=O)C1=C(CN2CCN(C)CC2)N(C)C(=O)N[C@H]1c1ccccc1C. The highest BCUT2D eigenvalue weighted by Crippen LogP contribution is 2.33. The monoisotopic (exact) mass is 386 g/mol. The molecule has 28 heavy (non-hydrogen) atoms. The zero-order valence-electron chi connectivity index (χ0n) is 17.2. The predicted molar refractivity (Wildman–Crippen MR) is 108 cm³/mol. The predicted octanol–water partition coefficient (Wildman–Crippen LogP) is 1.76. The Morgan fingerprint density at radius 2 is 1.86 bits per heavy atom. The summed E-state index contributed by atoms with van der Waals surface area (Å²) in [6.07, 6.45) is 0. The van der Waals surface area contributed by atoms with E-state index in [2.05, 4.69) is 22.2 Å². The molecule has 1 atom stereocenters. The largest absolute Gasteiger partial charge is 0.463 e. The van der Waals surface area contributed by atoms with Crippen LogP contribution < -0.4 is 5.32 Å². The molecule has 2 aliphatic heterocycles. The molecule has 1 fully saturated rings. The van der Waals surface area contributed by atoms with Gasteiger partial charge in [-0.1, -0.05) is 24.3 Å². The summed E-state index contributed by atoms with van der Waals surface area (Å²) in [5.41, 5.74) is 3.19. The number of piperazine rings is 1. The molecule has 2 amide bonds. The minimum absolute atomic E-state index is 0.203. The average molecular weight is 386 g/mol. The van der Waals surface area contributed by atoms with Crippen LogP contribution in [-0.4, -0.2) is 80.1 Å². The molecule has 1 saturated heterocycles. The first-order chi connectivity index (χ1) is 13.4. The molecule has 7 heteroatoms. The molecule has 152 valence electrons. The van der Waals surface area contributed by atoms with E-state index in [1.165, 1.54) is 0 Å². The van der Waals surface area contributed by atoms with Gasteiger partial charge in [-0.15, -0.1) is 0 Å². The first-order valence-corrected chi connectivity index (χ1v) is 9.83. The summed E-state index contributed by atoms with van der Waals surface area (Å²) in [6.45, 7) is 8.38. The second kappa shape index (κ2) is 8.75. The number of carbonyl (C=O) groups is 2. The van der Waals surface area contributed by atoms with Gasteiger partial charge in [0, 0.05) is 45.5 Å². The molecule has 0 spiro atoms. The van der Waals surface area contributed by atoms with Gasteiger partial charge in [-0.2, -0.15) is 0 Å². The van der Waals surface area contributed by atoms with E-state index in [0.29, 0.717) is 18.7 Å². The van der Waals surface area contributed by atoms with Crippen molar-refractivity contribution in [3.05, 3.63) is 46.7 Å². The topological polar surface area (TPSA) is 65.1 Å². The summed E-state index contributed by atoms with van der Waals surface area (Å²) < 4.78 is 5.39. The van der Waals surface area contributed by atoms with Crippen molar-refractivity contribution in [3.63, 3.8) is 0 Å². The highest BCUT2D eigenvalue weighted by Gasteiger charge is 2.37. The Morgan fingerprint density at radius 1 is 1.18 bits per heavy atom. The number of aryl methyl sites for hydroxylation is 1. The van der Waals surface area contributed by atoms with Gasteiger partial charge in [0.15, 0.2) is 0 Å². The van der Waals surface area contributed by atoms with Crippen molar-refractivity contribution in [2.45, 2.75) is 19.9 Å². The molecular weight excluding hydrogens is 356 g/mol. The number of benzene rings is 1. The Labute approximate surface area is 166 Å². The molecule has 1 aromatic carbocycles. The Balaban J connectivity index is 2.03. The van der Waals surface area contributed by atoms with Crippen LogP contribution >= 0.6 is 0 Å². The number of hydrogen-bond acceptors (Lipinski definition) is 5. The summed E-state index contributed by atoms with van der Waals surface area (Å²) in [4.78, 5) is 31.8. The average Bonchev–Trinajstić information content (AvgIpc) is 2.67. The van der Waals surface area contributed by atoms with Crippen LogP contribution in [0.5, 0.6) is 0 Å². The van der Waals surface area contributed by atoms with Crippen LogP contribution in [0.15, 0.2) is 35.5 Å². The molecule has 1 N–H and O–H groups in total. The number of nitrogens with zero attached hydrogens (tertiary/aromatic N) is 3. The van der Waals surface area contributed by atoms with Crippen molar-refractivity contribution in [3.8, 4) is 0 Å². The number of ether oxygens (including phenoxy) is 1. The molecule has 3 rings (SSSR count). The van der Waals surface area contributed by atoms with Crippen molar-refractivity contribution >= 4 is 12.0 Å². The highest BCUT2D eigenvalue weighted by atomic mass is 16.5. The van der Waals surface area contributed by atoms with Crippen molar-refractivity contribution in [2.75, 3.05) is 53.4 Å². The lowest BCUT2D eigenvalue weighted by Crippen LogP contribution is -2.51. The van der Waals surface area contributed by atoms with Crippen molar-refractivity contribution < 1.29 is 14.3 Å². The quantitative estimate of drug-likeness (QED) is 0.781. The summed E-state index contributed by atoms with van der Waals surface area (Å²) in [5, 5.41) is 2.99.